The monoisotopic (exact) mass is 351 g/mol. The second-order valence-corrected chi connectivity index (χ2v) is 7.12. The summed E-state index contributed by atoms with van der Waals surface area (Å²) >= 11 is 9.22. The van der Waals surface area contributed by atoms with Gasteiger partial charge in [-0.15, -0.1) is 11.3 Å². The Morgan fingerprint density at radius 2 is 2.05 bits per heavy atom. The smallest absolute Gasteiger partial charge is 0.258 e. The van der Waals surface area contributed by atoms with Gasteiger partial charge in [0, 0.05) is 28.1 Å². The summed E-state index contributed by atoms with van der Waals surface area (Å²) in [7, 11) is 0. The van der Waals surface area contributed by atoms with Gasteiger partial charge in [0.15, 0.2) is 5.16 Å². The molecule has 5 nitrogen and oxygen atoms in total. The molecule has 3 rings (SSSR count). The number of rotatable bonds is 4. The summed E-state index contributed by atoms with van der Waals surface area (Å²) in [5.74, 6) is 0.629. The molecule has 0 amide bonds. The van der Waals surface area contributed by atoms with E-state index in [4.69, 9.17) is 11.6 Å². The molecular weight excluding hydrogens is 342 g/mol. The Bertz CT molecular complexity index is 849. The van der Waals surface area contributed by atoms with Crippen LogP contribution in [0.5, 0.6) is 0 Å². The Hall–Kier alpha value is -1.70. The second kappa shape index (κ2) is 6.20. The van der Waals surface area contributed by atoms with E-state index in [1.54, 1.807) is 23.5 Å². The first-order valence-electron chi connectivity index (χ1n) is 6.33. The molecule has 0 fully saturated rings. The van der Waals surface area contributed by atoms with Crippen LogP contribution in [0, 0.1) is 17.0 Å². The summed E-state index contributed by atoms with van der Waals surface area (Å²) in [6.45, 7) is 2.01. The predicted octanol–water partition coefficient (Wildman–Crippen LogP) is 4.85. The third-order valence-electron chi connectivity index (χ3n) is 2.96. The fraction of sp³-hybridized carbons (Fsp3) is 0.143. The Labute approximate surface area is 139 Å². The number of halogens is 1. The highest BCUT2D eigenvalue weighted by molar-refractivity contribution is 7.98. The number of nitro benzene ring substituents is 1. The molecule has 0 unspecified atom stereocenters. The summed E-state index contributed by atoms with van der Waals surface area (Å²) in [5.41, 5.74) is 1.06. The van der Waals surface area contributed by atoms with Crippen molar-refractivity contribution in [2.24, 2.45) is 0 Å². The van der Waals surface area contributed by atoms with Gasteiger partial charge in [-0.05, 0) is 18.6 Å². The minimum absolute atomic E-state index is 0.0866. The van der Waals surface area contributed by atoms with Gasteiger partial charge < -0.3 is 0 Å². The zero-order valence-electron chi connectivity index (χ0n) is 11.4. The fourth-order valence-corrected chi connectivity index (χ4v) is 3.98. The maximum atomic E-state index is 10.6. The van der Waals surface area contributed by atoms with E-state index in [0.717, 1.165) is 20.7 Å². The molecule has 112 valence electrons. The molecule has 0 bridgehead atoms. The Balaban J connectivity index is 1.77. The van der Waals surface area contributed by atoms with E-state index in [1.807, 2.05) is 13.0 Å². The van der Waals surface area contributed by atoms with Gasteiger partial charge in [0.1, 0.15) is 9.98 Å². The largest absolute Gasteiger partial charge is 0.269 e. The van der Waals surface area contributed by atoms with Crippen LogP contribution in [0.3, 0.4) is 0 Å². The standard InChI is InChI=1S/C14H10ClN3O2S2/c1-8-6-11-12(15)16-14(17-13(11)22-8)21-7-9-2-4-10(5-3-9)18(19)20/h2-6H,7H2,1H3. The highest BCUT2D eigenvalue weighted by Gasteiger charge is 2.10. The highest BCUT2D eigenvalue weighted by Crippen LogP contribution is 2.31. The molecule has 3 aromatic rings. The van der Waals surface area contributed by atoms with Crippen LogP contribution in [0.2, 0.25) is 5.15 Å². The van der Waals surface area contributed by atoms with E-state index in [9.17, 15) is 10.1 Å². The average Bonchev–Trinajstić information content (AvgIpc) is 2.86. The van der Waals surface area contributed by atoms with Crippen LogP contribution < -0.4 is 0 Å². The molecule has 8 heteroatoms. The van der Waals surface area contributed by atoms with Gasteiger partial charge in [0.2, 0.25) is 0 Å². The van der Waals surface area contributed by atoms with E-state index >= 15 is 0 Å². The zero-order chi connectivity index (χ0) is 15.7. The third-order valence-corrected chi connectivity index (χ3v) is 5.11. The van der Waals surface area contributed by atoms with Crippen LogP contribution in [-0.4, -0.2) is 14.9 Å². The lowest BCUT2D eigenvalue weighted by molar-refractivity contribution is -0.384. The third kappa shape index (κ3) is 3.21. The molecule has 0 aliphatic heterocycles. The van der Waals surface area contributed by atoms with Crippen molar-refractivity contribution in [1.82, 2.24) is 9.97 Å². The van der Waals surface area contributed by atoms with E-state index in [2.05, 4.69) is 9.97 Å². The van der Waals surface area contributed by atoms with Crippen molar-refractivity contribution in [3.8, 4) is 0 Å². The number of aryl methyl sites for hydroxylation is 1. The lowest BCUT2D eigenvalue weighted by Gasteiger charge is -2.02. The van der Waals surface area contributed by atoms with Crippen LogP contribution in [0.4, 0.5) is 5.69 Å². The van der Waals surface area contributed by atoms with Crippen molar-refractivity contribution < 1.29 is 4.92 Å². The number of hydrogen-bond acceptors (Lipinski definition) is 6. The second-order valence-electron chi connectivity index (χ2n) is 4.59. The summed E-state index contributed by atoms with van der Waals surface area (Å²) in [6, 6.07) is 8.44. The average molecular weight is 352 g/mol. The number of aromatic nitrogens is 2. The van der Waals surface area contributed by atoms with Crippen molar-refractivity contribution in [1.29, 1.82) is 0 Å². The van der Waals surface area contributed by atoms with Gasteiger partial charge in [-0.3, -0.25) is 10.1 Å². The first kappa shape index (κ1) is 15.2. The quantitative estimate of drug-likeness (QED) is 0.221. The lowest BCUT2D eigenvalue weighted by atomic mass is 10.2. The number of nitro groups is 1. The lowest BCUT2D eigenvalue weighted by Crippen LogP contribution is -1.90. The Morgan fingerprint density at radius 3 is 2.73 bits per heavy atom. The number of benzene rings is 1. The number of nitrogens with zero attached hydrogens (tertiary/aromatic N) is 3. The molecule has 0 radical (unpaired) electrons. The summed E-state index contributed by atoms with van der Waals surface area (Å²) in [6.07, 6.45) is 0. The van der Waals surface area contributed by atoms with Gasteiger partial charge >= 0.3 is 0 Å². The van der Waals surface area contributed by atoms with Gasteiger partial charge in [-0.1, -0.05) is 35.5 Å². The van der Waals surface area contributed by atoms with Crippen molar-refractivity contribution >= 4 is 50.6 Å². The minimum Gasteiger partial charge on any atom is -0.258 e. The summed E-state index contributed by atoms with van der Waals surface area (Å²) < 4.78 is 0. The molecule has 22 heavy (non-hydrogen) atoms. The number of thioether (sulfide) groups is 1. The van der Waals surface area contributed by atoms with Gasteiger partial charge in [0.05, 0.1) is 4.92 Å². The molecule has 0 spiro atoms. The first-order valence-corrected chi connectivity index (χ1v) is 8.51. The van der Waals surface area contributed by atoms with Crippen LogP contribution in [0.15, 0.2) is 35.5 Å². The van der Waals surface area contributed by atoms with Crippen LogP contribution in [0.25, 0.3) is 10.2 Å². The van der Waals surface area contributed by atoms with Gasteiger partial charge in [0.25, 0.3) is 5.69 Å². The Morgan fingerprint density at radius 1 is 1.32 bits per heavy atom. The van der Waals surface area contributed by atoms with E-state index in [0.29, 0.717) is 16.1 Å². The van der Waals surface area contributed by atoms with Crippen molar-refractivity contribution in [2.75, 3.05) is 0 Å². The summed E-state index contributed by atoms with van der Waals surface area (Å²) in [5, 5.41) is 12.6. The molecule has 0 aliphatic rings. The van der Waals surface area contributed by atoms with Crippen LogP contribution >= 0.6 is 34.7 Å². The maximum absolute atomic E-state index is 10.6. The predicted molar refractivity (Wildman–Crippen MR) is 89.8 cm³/mol. The maximum Gasteiger partial charge on any atom is 0.269 e. The minimum atomic E-state index is -0.410. The summed E-state index contributed by atoms with van der Waals surface area (Å²) in [4.78, 5) is 21.0. The number of hydrogen-bond donors (Lipinski definition) is 0. The SMILES string of the molecule is Cc1cc2c(Cl)nc(SCc3ccc([N+](=O)[O-])cc3)nc2s1. The van der Waals surface area contributed by atoms with E-state index in [-0.39, 0.29) is 5.69 Å². The molecule has 0 N–H and O–H groups in total. The number of thiophene rings is 1. The molecule has 0 saturated carbocycles. The zero-order valence-corrected chi connectivity index (χ0v) is 13.8. The molecular formula is C14H10ClN3O2S2. The number of fused-ring (bicyclic) bond motifs is 1. The molecule has 2 heterocycles. The van der Waals surface area contributed by atoms with Crippen molar-refractivity contribution in [3.05, 3.63) is 56.0 Å². The van der Waals surface area contributed by atoms with Gasteiger partial charge in [-0.25, -0.2) is 9.97 Å². The van der Waals surface area contributed by atoms with Crippen LogP contribution in [-0.2, 0) is 5.75 Å². The van der Waals surface area contributed by atoms with Crippen molar-refractivity contribution in [3.63, 3.8) is 0 Å². The Kier molecular flexibility index (Phi) is 4.28. The fourth-order valence-electron chi connectivity index (χ4n) is 1.92. The normalized spacial score (nSPS) is 11.0. The van der Waals surface area contributed by atoms with E-state index in [1.165, 1.54) is 23.9 Å². The van der Waals surface area contributed by atoms with Crippen molar-refractivity contribution in [2.45, 2.75) is 17.8 Å². The molecule has 0 atom stereocenters. The topological polar surface area (TPSA) is 68.9 Å². The van der Waals surface area contributed by atoms with Gasteiger partial charge in [-0.2, -0.15) is 0 Å². The molecule has 0 saturated heterocycles. The number of non-ortho nitro benzene ring substituents is 1. The molecule has 0 aliphatic carbocycles. The molecule has 2 aromatic heterocycles. The van der Waals surface area contributed by atoms with E-state index < -0.39 is 4.92 Å². The first-order chi connectivity index (χ1) is 10.5. The van der Waals surface area contributed by atoms with Crippen LogP contribution in [0.1, 0.15) is 10.4 Å². The highest BCUT2D eigenvalue weighted by atomic mass is 35.5. The molecule has 1 aromatic carbocycles.